The first-order valence-corrected chi connectivity index (χ1v) is 9.47. The molecule has 0 aromatic rings. The van der Waals surface area contributed by atoms with Crippen LogP contribution in [0.5, 0.6) is 0 Å². The van der Waals surface area contributed by atoms with Gasteiger partial charge in [-0.05, 0) is 80.5 Å². The Balaban J connectivity index is 1.72. The van der Waals surface area contributed by atoms with E-state index in [0.717, 1.165) is 23.7 Å². The molecule has 114 valence electrons. The highest BCUT2D eigenvalue weighted by Crippen LogP contribution is 2.68. The summed E-state index contributed by atoms with van der Waals surface area (Å²) in [6, 6.07) is 0. The van der Waals surface area contributed by atoms with Crippen molar-refractivity contribution in [3.8, 4) is 0 Å². The van der Waals surface area contributed by atoms with E-state index in [1.165, 1.54) is 70.6 Å². The highest BCUT2D eigenvalue weighted by Gasteiger charge is 2.65. The van der Waals surface area contributed by atoms with Gasteiger partial charge < -0.3 is 5.73 Å². The van der Waals surface area contributed by atoms with Crippen molar-refractivity contribution in [1.29, 1.82) is 0 Å². The standard InChI is InChI=1S/C19H33N/c1-2-8-19(20)17-10-14-9-15(11-17)13-18(19,12-14)16-6-4-3-5-7-16/h14-17H,2-13,20H2,1H3/t14-,15?,17?,18?,19-/m0/s1. The number of rotatable bonds is 3. The fourth-order valence-corrected chi connectivity index (χ4v) is 7.45. The molecule has 0 radical (unpaired) electrons. The topological polar surface area (TPSA) is 26.0 Å². The van der Waals surface area contributed by atoms with Gasteiger partial charge in [0.05, 0.1) is 0 Å². The number of hydrogen-bond acceptors (Lipinski definition) is 1. The van der Waals surface area contributed by atoms with Crippen LogP contribution in [0.15, 0.2) is 0 Å². The first-order chi connectivity index (χ1) is 9.68. The van der Waals surface area contributed by atoms with E-state index in [0.29, 0.717) is 5.41 Å². The molecule has 1 heteroatoms. The summed E-state index contributed by atoms with van der Waals surface area (Å²) in [6.07, 6.45) is 17.5. The fraction of sp³-hybridized carbons (Fsp3) is 1.00. The Kier molecular flexibility index (Phi) is 3.22. The van der Waals surface area contributed by atoms with Crippen molar-refractivity contribution in [2.45, 2.75) is 89.5 Å². The molecular formula is C19H33N. The molecule has 0 spiro atoms. The summed E-state index contributed by atoms with van der Waals surface area (Å²) in [6.45, 7) is 2.36. The van der Waals surface area contributed by atoms with Crippen LogP contribution in [0.3, 0.4) is 0 Å². The third-order valence-corrected chi connectivity index (χ3v) is 7.91. The molecule has 5 aliphatic carbocycles. The molecule has 0 heterocycles. The van der Waals surface area contributed by atoms with E-state index in [4.69, 9.17) is 5.73 Å². The summed E-state index contributed by atoms with van der Waals surface area (Å²) in [5.41, 5.74) is 8.03. The molecule has 0 aliphatic heterocycles. The second-order valence-corrected chi connectivity index (χ2v) is 8.83. The molecule has 3 unspecified atom stereocenters. The van der Waals surface area contributed by atoms with Crippen LogP contribution in [0.4, 0.5) is 0 Å². The van der Waals surface area contributed by atoms with Crippen LogP contribution < -0.4 is 5.73 Å². The first kappa shape index (κ1) is 13.6. The molecule has 4 bridgehead atoms. The molecule has 5 fully saturated rings. The lowest BCUT2D eigenvalue weighted by molar-refractivity contribution is -0.164. The van der Waals surface area contributed by atoms with E-state index in [1.54, 1.807) is 6.42 Å². The minimum absolute atomic E-state index is 0.206. The van der Waals surface area contributed by atoms with E-state index in [2.05, 4.69) is 6.92 Å². The Hall–Kier alpha value is -0.0400. The zero-order valence-electron chi connectivity index (χ0n) is 13.4. The molecule has 5 saturated carbocycles. The lowest BCUT2D eigenvalue weighted by Crippen LogP contribution is -2.71. The van der Waals surface area contributed by atoms with Crippen LogP contribution in [0.2, 0.25) is 0 Å². The molecule has 0 saturated heterocycles. The van der Waals surface area contributed by atoms with E-state index in [1.807, 2.05) is 0 Å². The van der Waals surface area contributed by atoms with Gasteiger partial charge in [-0.3, -0.25) is 0 Å². The maximum atomic E-state index is 7.27. The van der Waals surface area contributed by atoms with Gasteiger partial charge in [0.2, 0.25) is 0 Å². The Morgan fingerprint density at radius 1 is 0.900 bits per heavy atom. The minimum Gasteiger partial charge on any atom is -0.324 e. The summed E-state index contributed by atoms with van der Waals surface area (Å²) in [5, 5.41) is 0. The second kappa shape index (κ2) is 4.73. The van der Waals surface area contributed by atoms with Crippen molar-refractivity contribution in [1.82, 2.24) is 0 Å². The van der Waals surface area contributed by atoms with Crippen LogP contribution in [0.1, 0.15) is 84.0 Å². The summed E-state index contributed by atoms with van der Waals surface area (Å²) in [7, 11) is 0. The van der Waals surface area contributed by atoms with Gasteiger partial charge in [-0.15, -0.1) is 0 Å². The first-order valence-electron chi connectivity index (χ1n) is 9.47. The smallest absolute Gasteiger partial charge is 0.0242 e. The lowest BCUT2D eigenvalue weighted by Gasteiger charge is -2.69. The van der Waals surface area contributed by atoms with Gasteiger partial charge >= 0.3 is 0 Å². The molecule has 2 N–H and O–H groups in total. The van der Waals surface area contributed by atoms with E-state index in [9.17, 15) is 0 Å². The molecule has 1 nitrogen and oxygen atoms in total. The Morgan fingerprint density at radius 2 is 1.55 bits per heavy atom. The van der Waals surface area contributed by atoms with Crippen molar-refractivity contribution >= 4 is 0 Å². The van der Waals surface area contributed by atoms with Crippen LogP contribution in [-0.2, 0) is 0 Å². The molecule has 0 amide bonds. The molecular weight excluding hydrogens is 242 g/mol. The van der Waals surface area contributed by atoms with Gasteiger partial charge in [0.25, 0.3) is 0 Å². The van der Waals surface area contributed by atoms with Gasteiger partial charge in [0.1, 0.15) is 0 Å². The number of hydrogen-bond donors (Lipinski definition) is 1. The molecule has 0 aromatic carbocycles. The Labute approximate surface area is 125 Å². The van der Waals surface area contributed by atoms with Crippen molar-refractivity contribution < 1.29 is 0 Å². The lowest BCUT2D eigenvalue weighted by atomic mass is 9.37. The average Bonchev–Trinajstić information content (AvgIpc) is 2.45. The summed E-state index contributed by atoms with van der Waals surface area (Å²) in [4.78, 5) is 0. The largest absolute Gasteiger partial charge is 0.324 e. The number of nitrogens with two attached hydrogens (primary N) is 1. The van der Waals surface area contributed by atoms with Crippen LogP contribution in [0.25, 0.3) is 0 Å². The van der Waals surface area contributed by atoms with Crippen molar-refractivity contribution in [3.05, 3.63) is 0 Å². The Bertz CT molecular complexity index is 356. The van der Waals surface area contributed by atoms with E-state index >= 15 is 0 Å². The third kappa shape index (κ3) is 1.71. The fourth-order valence-electron chi connectivity index (χ4n) is 7.45. The average molecular weight is 275 g/mol. The highest BCUT2D eigenvalue weighted by molar-refractivity contribution is 5.18. The SMILES string of the molecule is CCC[C@]1(N)C2CC3C[C@@H](C2)CC1(C1CCCCC1)C3. The molecule has 20 heavy (non-hydrogen) atoms. The summed E-state index contributed by atoms with van der Waals surface area (Å²) >= 11 is 0. The second-order valence-electron chi connectivity index (χ2n) is 8.83. The van der Waals surface area contributed by atoms with Gasteiger partial charge in [-0.1, -0.05) is 32.6 Å². The van der Waals surface area contributed by atoms with Crippen LogP contribution in [-0.4, -0.2) is 5.54 Å². The summed E-state index contributed by atoms with van der Waals surface area (Å²) < 4.78 is 0. The van der Waals surface area contributed by atoms with Gasteiger partial charge in [-0.2, -0.15) is 0 Å². The Morgan fingerprint density at radius 3 is 2.15 bits per heavy atom. The zero-order valence-corrected chi connectivity index (χ0v) is 13.4. The molecule has 5 aliphatic rings. The van der Waals surface area contributed by atoms with Crippen molar-refractivity contribution in [2.24, 2.45) is 34.8 Å². The normalized spacial score (nSPS) is 51.6. The van der Waals surface area contributed by atoms with Crippen LogP contribution in [0, 0.1) is 29.1 Å². The minimum atomic E-state index is 0.206. The van der Waals surface area contributed by atoms with E-state index in [-0.39, 0.29) is 5.54 Å². The van der Waals surface area contributed by atoms with Crippen molar-refractivity contribution in [3.63, 3.8) is 0 Å². The summed E-state index contributed by atoms with van der Waals surface area (Å²) in [5.74, 6) is 3.93. The van der Waals surface area contributed by atoms with Gasteiger partial charge in [0.15, 0.2) is 0 Å². The molecule has 5 rings (SSSR count). The van der Waals surface area contributed by atoms with Gasteiger partial charge in [0, 0.05) is 5.54 Å². The van der Waals surface area contributed by atoms with Gasteiger partial charge in [-0.25, -0.2) is 0 Å². The van der Waals surface area contributed by atoms with Crippen molar-refractivity contribution in [2.75, 3.05) is 0 Å². The quantitative estimate of drug-likeness (QED) is 0.779. The predicted molar refractivity (Wildman–Crippen MR) is 84.4 cm³/mol. The zero-order chi connectivity index (χ0) is 13.8. The molecule has 0 aromatic heterocycles. The predicted octanol–water partition coefficient (Wildman–Crippen LogP) is 4.89. The maximum Gasteiger partial charge on any atom is 0.0242 e. The van der Waals surface area contributed by atoms with Crippen LogP contribution >= 0.6 is 0 Å². The monoisotopic (exact) mass is 275 g/mol. The highest BCUT2D eigenvalue weighted by atomic mass is 14.9. The molecule has 5 atom stereocenters. The maximum absolute atomic E-state index is 7.27. The third-order valence-electron chi connectivity index (χ3n) is 7.91. The van der Waals surface area contributed by atoms with E-state index < -0.39 is 0 Å².